The first-order valence-corrected chi connectivity index (χ1v) is 8.23. The van der Waals surface area contributed by atoms with Crippen LogP contribution in [0.15, 0.2) is 12.7 Å². The minimum atomic E-state index is -0.116. The summed E-state index contributed by atoms with van der Waals surface area (Å²) in [5, 5.41) is 0. The number of hydrogen-bond acceptors (Lipinski definition) is 4. The van der Waals surface area contributed by atoms with Gasteiger partial charge < -0.3 is 14.2 Å². The number of rotatable bonds is 16. The van der Waals surface area contributed by atoms with Crippen molar-refractivity contribution >= 4 is 5.97 Å². The lowest BCUT2D eigenvalue weighted by atomic mass is 10.1. The fraction of sp³-hybridized carbons (Fsp3) is 0.824. The largest absolute Gasteiger partial charge is 0.463 e. The van der Waals surface area contributed by atoms with Gasteiger partial charge in [0.2, 0.25) is 0 Å². The zero-order valence-corrected chi connectivity index (χ0v) is 13.6. The summed E-state index contributed by atoms with van der Waals surface area (Å²) in [7, 11) is 0. The molecule has 0 saturated heterocycles. The van der Waals surface area contributed by atoms with E-state index in [1.807, 2.05) is 13.0 Å². The standard InChI is InChI=1S/C17H32O4/c1-3-5-6-7-8-9-10-11-12-17(18)21-16-15-20-14-13-19-4-2/h3H,1,4-16H2,2H3. The first-order chi connectivity index (χ1) is 10.3. The highest BCUT2D eigenvalue weighted by molar-refractivity contribution is 5.69. The molecular formula is C17H32O4. The first-order valence-electron chi connectivity index (χ1n) is 8.23. The first kappa shape index (κ1) is 20.1. The molecule has 0 aliphatic carbocycles. The van der Waals surface area contributed by atoms with E-state index in [1.54, 1.807) is 0 Å². The summed E-state index contributed by atoms with van der Waals surface area (Å²) in [6.07, 6.45) is 10.6. The van der Waals surface area contributed by atoms with Crippen LogP contribution in [0.4, 0.5) is 0 Å². The van der Waals surface area contributed by atoms with Crippen molar-refractivity contribution in [3.63, 3.8) is 0 Å². The van der Waals surface area contributed by atoms with Crippen LogP contribution in [0.3, 0.4) is 0 Å². The fourth-order valence-corrected chi connectivity index (χ4v) is 1.92. The molecular weight excluding hydrogens is 268 g/mol. The third kappa shape index (κ3) is 17.1. The Hall–Kier alpha value is -0.870. The summed E-state index contributed by atoms with van der Waals surface area (Å²) in [5.74, 6) is -0.116. The van der Waals surface area contributed by atoms with Gasteiger partial charge in [0.1, 0.15) is 6.61 Å². The molecule has 0 bridgehead atoms. The molecule has 0 saturated carbocycles. The molecule has 0 radical (unpaired) electrons. The highest BCUT2D eigenvalue weighted by atomic mass is 16.6. The molecule has 0 heterocycles. The van der Waals surface area contributed by atoms with E-state index in [2.05, 4.69) is 6.58 Å². The molecule has 0 aliphatic heterocycles. The molecule has 0 N–H and O–H groups in total. The van der Waals surface area contributed by atoms with Crippen molar-refractivity contribution in [1.82, 2.24) is 0 Å². The van der Waals surface area contributed by atoms with Crippen LogP contribution in [-0.2, 0) is 19.0 Å². The lowest BCUT2D eigenvalue weighted by molar-refractivity contribution is -0.145. The van der Waals surface area contributed by atoms with Crippen molar-refractivity contribution in [3.8, 4) is 0 Å². The van der Waals surface area contributed by atoms with Crippen LogP contribution in [0.2, 0.25) is 0 Å². The van der Waals surface area contributed by atoms with Crippen LogP contribution >= 0.6 is 0 Å². The van der Waals surface area contributed by atoms with Gasteiger partial charge in [0, 0.05) is 13.0 Å². The molecule has 0 unspecified atom stereocenters. The van der Waals surface area contributed by atoms with Crippen molar-refractivity contribution in [1.29, 1.82) is 0 Å². The topological polar surface area (TPSA) is 44.8 Å². The molecule has 0 fully saturated rings. The Kier molecular flexibility index (Phi) is 16.5. The van der Waals surface area contributed by atoms with Gasteiger partial charge >= 0.3 is 5.97 Å². The van der Waals surface area contributed by atoms with E-state index in [4.69, 9.17) is 14.2 Å². The lowest BCUT2D eigenvalue weighted by Gasteiger charge is -2.06. The lowest BCUT2D eigenvalue weighted by Crippen LogP contribution is -2.12. The quantitative estimate of drug-likeness (QED) is 0.246. The molecule has 0 amide bonds. The zero-order valence-electron chi connectivity index (χ0n) is 13.6. The number of hydrogen-bond donors (Lipinski definition) is 0. The van der Waals surface area contributed by atoms with Crippen LogP contribution in [0.25, 0.3) is 0 Å². The van der Waals surface area contributed by atoms with Crippen LogP contribution in [0.1, 0.15) is 58.3 Å². The van der Waals surface area contributed by atoms with Crippen LogP contribution < -0.4 is 0 Å². The van der Waals surface area contributed by atoms with Crippen molar-refractivity contribution in [3.05, 3.63) is 12.7 Å². The van der Waals surface area contributed by atoms with E-state index < -0.39 is 0 Å². The van der Waals surface area contributed by atoms with Crippen LogP contribution in [0, 0.1) is 0 Å². The second-order valence-electron chi connectivity index (χ2n) is 4.98. The number of allylic oxidation sites excluding steroid dienone is 1. The minimum Gasteiger partial charge on any atom is -0.463 e. The molecule has 21 heavy (non-hydrogen) atoms. The van der Waals surface area contributed by atoms with E-state index in [9.17, 15) is 4.79 Å². The van der Waals surface area contributed by atoms with Crippen molar-refractivity contribution in [2.45, 2.75) is 58.3 Å². The molecule has 0 aromatic rings. The minimum absolute atomic E-state index is 0.116. The number of unbranched alkanes of at least 4 members (excludes halogenated alkanes) is 6. The Morgan fingerprint density at radius 2 is 1.52 bits per heavy atom. The molecule has 0 aromatic carbocycles. The van der Waals surface area contributed by atoms with E-state index in [0.29, 0.717) is 39.5 Å². The number of esters is 1. The van der Waals surface area contributed by atoms with Gasteiger partial charge in [0.25, 0.3) is 0 Å². The highest BCUT2D eigenvalue weighted by Crippen LogP contribution is 2.09. The average Bonchev–Trinajstić information content (AvgIpc) is 2.49. The summed E-state index contributed by atoms with van der Waals surface area (Å²) < 4.78 is 15.5. The second-order valence-corrected chi connectivity index (χ2v) is 4.98. The molecule has 124 valence electrons. The van der Waals surface area contributed by atoms with E-state index >= 15 is 0 Å². The zero-order chi connectivity index (χ0) is 15.6. The maximum Gasteiger partial charge on any atom is 0.305 e. The monoisotopic (exact) mass is 300 g/mol. The Labute approximate surface area is 129 Å². The number of carbonyl (C=O) groups excluding carboxylic acids is 1. The SMILES string of the molecule is C=CCCCCCCCCC(=O)OCCOCCOCC. The van der Waals surface area contributed by atoms with E-state index in [-0.39, 0.29) is 5.97 Å². The van der Waals surface area contributed by atoms with Gasteiger partial charge in [-0.3, -0.25) is 4.79 Å². The van der Waals surface area contributed by atoms with Gasteiger partial charge in [-0.05, 0) is 26.2 Å². The van der Waals surface area contributed by atoms with Crippen molar-refractivity contribution in [2.75, 3.05) is 33.0 Å². The molecule has 0 atom stereocenters. The molecule has 0 rings (SSSR count). The van der Waals surface area contributed by atoms with Gasteiger partial charge in [-0.1, -0.05) is 31.8 Å². The molecule has 0 spiro atoms. The van der Waals surface area contributed by atoms with Gasteiger partial charge in [0.05, 0.1) is 19.8 Å². The Bertz CT molecular complexity index is 241. The summed E-state index contributed by atoms with van der Waals surface area (Å²) in [4.78, 5) is 11.4. The van der Waals surface area contributed by atoms with Gasteiger partial charge in [-0.25, -0.2) is 0 Å². The van der Waals surface area contributed by atoms with Gasteiger partial charge in [-0.15, -0.1) is 6.58 Å². The van der Waals surface area contributed by atoms with Gasteiger partial charge in [0.15, 0.2) is 0 Å². The Balaban J connectivity index is 3.14. The van der Waals surface area contributed by atoms with Crippen molar-refractivity contribution in [2.24, 2.45) is 0 Å². The normalized spacial score (nSPS) is 10.5. The summed E-state index contributed by atoms with van der Waals surface area (Å²) in [6.45, 7) is 8.29. The fourth-order valence-electron chi connectivity index (χ4n) is 1.92. The molecule has 0 aromatic heterocycles. The van der Waals surface area contributed by atoms with Crippen LogP contribution in [-0.4, -0.2) is 39.0 Å². The number of carbonyl (C=O) groups is 1. The maximum atomic E-state index is 11.4. The van der Waals surface area contributed by atoms with E-state index in [1.165, 1.54) is 25.7 Å². The maximum absolute atomic E-state index is 11.4. The number of ether oxygens (including phenoxy) is 3. The predicted molar refractivity (Wildman–Crippen MR) is 85.4 cm³/mol. The highest BCUT2D eigenvalue weighted by Gasteiger charge is 2.02. The predicted octanol–water partition coefficient (Wildman–Crippen LogP) is 3.89. The Morgan fingerprint density at radius 1 is 0.905 bits per heavy atom. The second kappa shape index (κ2) is 17.2. The molecule has 4 heteroatoms. The summed E-state index contributed by atoms with van der Waals surface area (Å²) in [6, 6.07) is 0. The molecule has 0 aliphatic rings. The third-order valence-electron chi connectivity index (χ3n) is 3.11. The van der Waals surface area contributed by atoms with Crippen LogP contribution in [0.5, 0.6) is 0 Å². The smallest absolute Gasteiger partial charge is 0.305 e. The van der Waals surface area contributed by atoms with Crippen molar-refractivity contribution < 1.29 is 19.0 Å². The molecule has 4 nitrogen and oxygen atoms in total. The Morgan fingerprint density at radius 3 is 2.24 bits per heavy atom. The van der Waals surface area contributed by atoms with Gasteiger partial charge in [-0.2, -0.15) is 0 Å². The summed E-state index contributed by atoms with van der Waals surface area (Å²) >= 11 is 0. The summed E-state index contributed by atoms with van der Waals surface area (Å²) in [5.41, 5.74) is 0. The van der Waals surface area contributed by atoms with E-state index in [0.717, 1.165) is 19.3 Å². The average molecular weight is 300 g/mol. The third-order valence-corrected chi connectivity index (χ3v) is 3.11.